The molecule has 2 aromatic rings. The number of anilines is 1. The molecule has 1 aliphatic rings. The number of hydrogen-bond donors (Lipinski definition) is 1. The Hall–Kier alpha value is -3.19. The van der Waals surface area contributed by atoms with Crippen LogP contribution in [0, 0.1) is 6.92 Å². The van der Waals surface area contributed by atoms with Crippen molar-refractivity contribution < 1.29 is 14.3 Å². The van der Waals surface area contributed by atoms with Crippen LogP contribution in [0.2, 0.25) is 0 Å². The summed E-state index contributed by atoms with van der Waals surface area (Å²) in [5, 5.41) is 2.81. The first-order valence-corrected chi connectivity index (χ1v) is 9.99. The molecular formula is C23H28N4O3. The number of amides is 2. The molecule has 30 heavy (non-hydrogen) atoms. The van der Waals surface area contributed by atoms with Crippen LogP contribution in [-0.2, 0) is 22.7 Å². The molecule has 1 N–H and O–H groups in total. The summed E-state index contributed by atoms with van der Waals surface area (Å²) in [6, 6.07) is 7.90. The van der Waals surface area contributed by atoms with Crippen LogP contribution in [0.3, 0.4) is 0 Å². The maximum absolute atomic E-state index is 12.6. The molecule has 2 amide bonds. The van der Waals surface area contributed by atoms with Crippen molar-refractivity contribution in [2.75, 3.05) is 32.6 Å². The van der Waals surface area contributed by atoms with Gasteiger partial charge in [0.2, 0.25) is 11.8 Å². The van der Waals surface area contributed by atoms with Crippen LogP contribution in [0.1, 0.15) is 29.2 Å². The molecule has 2 heterocycles. The van der Waals surface area contributed by atoms with Gasteiger partial charge >= 0.3 is 0 Å². The Bertz CT molecular complexity index is 971. The number of aryl methyl sites for hydroxylation is 1. The van der Waals surface area contributed by atoms with Crippen molar-refractivity contribution in [3.05, 3.63) is 58.8 Å². The van der Waals surface area contributed by atoms with Gasteiger partial charge in [-0.2, -0.15) is 0 Å². The Morgan fingerprint density at radius 3 is 2.93 bits per heavy atom. The molecule has 7 nitrogen and oxygen atoms in total. The van der Waals surface area contributed by atoms with E-state index in [2.05, 4.69) is 10.3 Å². The van der Waals surface area contributed by atoms with Gasteiger partial charge in [-0.15, -0.1) is 0 Å². The fourth-order valence-electron chi connectivity index (χ4n) is 3.43. The van der Waals surface area contributed by atoms with Gasteiger partial charge in [0, 0.05) is 43.5 Å². The van der Waals surface area contributed by atoms with E-state index in [1.165, 1.54) is 0 Å². The van der Waals surface area contributed by atoms with Crippen molar-refractivity contribution >= 4 is 23.7 Å². The maximum Gasteiger partial charge on any atom is 0.246 e. The van der Waals surface area contributed by atoms with Gasteiger partial charge in [-0.3, -0.25) is 14.5 Å². The summed E-state index contributed by atoms with van der Waals surface area (Å²) in [6.07, 6.45) is 4.94. The standard InChI is InChI=1S/C23H28N4O3/c1-5-30-22-16(2)7-6-8-18(22)14-27(4)21(29)10-9-17-11-19-13-26(3)15-20(28)25-23(19)24-12-17/h6-12H,5,13-15H2,1-4H3,(H,24,25,28). The highest BCUT2D eigenvalue weighted by molar-refractivity contribution is 5.93. The van der Waals surface area contributed by atoms with E-state index in [-0.39, 0.29) is 11.8 Å². The van der Waals surface area contributed by atoms with Gasteiger partial charge in [-0.05, 0) is 44.2 Å². The van der Waals surface area contributed by atoms with Gasteiger partial charge in [0.25, 0.3) is 0 Å². The van der Waals surface area contributed by atoms with Crippen LogP contribution in [-0.4, -0.2) is 53.8 Å². The SMILES string of the molecule is CCOc1c(C)cccc1CN(C)C(=O)C=Cc1cnc2c(c1)CN(C)CC(=O)N2. The number of fused-ring (bicyclic) bond motifs is 1. The molecule has 1 aromatic carbocycles. The van der Waals surface area contributed by atoms with Crippen LogP contribution in [0.4, 0.5) is 5.82 Å². The predicted octanol–water partition coefficient (Wildman–Crippen LogP) is 2.84. The first-order valence-electron chi connectivity index (χ1n) is 9.99. The van der Waals surface area contributed by atoms with Crippen molar-refractivity contribution in [1.82, 2.24) is 14.8 Å². The zero-order valence-corrected chi connectivity index (χ0v) is 17.9. The van der Waals surface area contributed by atoms with Gasteiger partial charge in [0.05, 0.1) is 13.2 Å². The lowest BCUT2D eigenvalue weighted by atomic mass is 10.1. The molecule has 0 spiro atoms. The van der Waals surface area contributed by atoms with Crippen LogP contribution in [0.15, 0.2) is 36.5 Å². The van der Waals surface area contributed by atoms with Gasteiger partial charge in [-0.25, -0.2) is 4.98 Å². The third kappa shape index (κ3) is 5.24. The minimum atomic E-state index is -0.112. The second-order valence-electron chi connectivity index (χ2n) is 7.52. The van der Waals surface area contributed by atoms with E-state index in [4.69, 9.17) is 4.74 Å². The number of carbonyl (C=O) groups is 2. The number of pyridine rings is 1. The van der Waals surface area contributed by atoms with Crippen LogP contribution in [0.5, 0.6) is 5.75 Å². The molecule has 1 aromatic heterocycles. The molecule has 0 atom stereocenters. The molecule has 0 saturated carbocycles. The molecule has 0 radical (unpaired) electrons. The lowest BCUT2D eigenvalue weighted by molar-refractivity contribution is -0.125. The highest BCUT2D eigenvalue weighted by Crippen LogP contribution is 2.25. The minimum Gasteiger partial charge on any atom is -0.493 e. The molecule has 0 saturated heterocycles. The van der Waals surface area contributed by atoms with E-state index in [0.717, 1.165) is 28.0 Å². The van der Waals surface area contributed by atoms with Gasteiger partial charge in [0.15, 0.2) is 0 Å². The Balaban J connectivity index is 1.70. The fraction of sp³-hybridized carbons (Fsp3) is 0.348. The van der Waals surface area contributed by atoms with E-state index in [1.54, 1.807) is 30.3 Å². The first-order chi connectivity index (χ1) is 14.4. The largest absolute Gasteiger partial charge is 0.493 e. The van der Waals surface area contributed by atoms with Crippen LogP contribution in [0.25, 0.3) is 6.08 Å². The van der Waals surface area contributed by atoms with Crippen LogP contribution >= 0.6 is 0 Å². The first kappa shape index (κ1) is 21.5. The second kappa shape index (κ2) is 9.54. The number of aromatic nitrogens is 1. The molecule has 0 bridgehead atoms. The number of carbonyl (C=O) groups excluding carboxylic acids is 2. The number of hydrogen-bond acceptors (Lipinski definition) is 5. The lowest BCUT2D eigenvalue weighted by Crippen LogP contribution is -2.26. The maximum atomic E-state index is 12.6. The zero-order chi connectivity index (χ0) is 21.7. The van der Waals surface area contributed by atoms with Crippen molar-refractivity contribution in [2.24, 2.45) is 0 Å². The number of para-hydroxylation sites is 1. The summed E-state index contributed by atoms with van der Waals surface area (Å²) >= 11 is 0. The molecule has 3 rings (SSSR count). The molecule has 0 aliphatic carbocycles. The van der Waals surface area contributed by atoms with Crippen molar-refractivity contribution in [3.8, 4) is 5.75 Å². The zero-order valence-electron chi connectivity index (χ0n) is 17.9. The third-order valence-corrected chi connectivity index (χ3v) is 4.88. The Morgan fingerprint density at radius 2 is 2.17 bits per heavy atom. The quantitative estimate of drug-likeness (QED) is 0.744. The van der Waals surface area contributed by atoms with E-state index in [0.29, 0.717) is 32.1 Å². The van der Waals surface area contributed by atoms with Gasteiger partial charge in [-0.1, -0.05) is 18.2 Å². The Labute approximate surface area is 177 Å². The lowest BCUT2D eigenvalue weighted by Gasteiger charge is -2.19. The number of rotatable bonds is 6. The highest BCUT2D eigenvalue weighted by atomic mass is 16.5. The molecule has 7 heteroatoms. The average Bonchev–Trinajstić information content (AvgIpc) is 2.84. The third-order valence-electron chi connectivity index (χ3n) is 4.88. The number of ether oxygens (including phenoxy) is 1. The molecule has 1 aliphatic heterocycles. The average molecular weight is 409 g/mol. The number of nitrogens with zero attached hydrogens (tertiary/aromatic N) is 3. The van der Waals surface area contributed by atoms with Gasteiger partial charge in [0.1, 0.15) is 11.6 Å². The summed E-state index contributed by atoms with van der Waals surface area (Å²) in [6.45, 7) is 5.93. The Morgan fingerprint density at radius 1 is 1.37 bits per heavy atom. The number of likely N-dealkylation sites (N-methyl/N-ethyl adjacent to an activating group) is 2. The van der Waals surface area contributed by atoms with E-state index < -0.39 is 0 Å². The Kier molecular flexibility index (Phi) is 6.84. The molecule has 0 fully saturated rings. The molecule has 0 unspecified atom stereocenters. The molecule has 158 valence electrons. The van der Waals surface area contributed by atoms with E-state index in [9.17, 15) is 9.59 Å². The highest BCUT2D eigenvalue weighted by Gasteiger charge is 2.17. The van der Waals surface area contributed by atoms with E-state index >= 15 is 0 Å². The molecular weight excluding hydrogens is 380 g/mol. The van der Waals surface area contributed by atoms with Crippen molar-refractivity contribution in [2.45, 2.75) is 26.9 Å². The van der Waals surface area contributed by atoms with Gasteiger partial charge < -0.3 is 15.0 Å². The monoisotopic (exact) mass is 408 g/mol. The second-order valence-corrected chi connectivity index (χ2v) is 7.52. The fourth-order valence-corrected chi connectivity index (χ4v) is 3.43. The smallest absolute Gasteiger partial charge is 0.246 e. The van der Waals surface area contributed by atoms with Crippen molar-refractivity contribution in [1.29, 1.82) is 0 Å². The number of nitrogens with one attached hydrogen (secondary N) is 1. The summed E-state index contributed by atoms with van der Waals surface area (Å²) in [7, 11) is 3.65. The summed E-state index contributed by atoms with van der Waals surface area (Å²) in [5.74, 6) is 1.23. The van der Waals surface area contributed by atoms with Crippen molar-refractivity contribution in [3.63, 3.8) is 0 Å². The normalized spacial score (nSPS) is 14.2. The summed E-state index contributed by atoms with van der Waals surface area (Å²) in [5.41, 5.74) is 3.77. The van der Waals surface area contributed by atoms with Crippen LogP contribution < -0.4 is 10.1 Å². The number of benzene rings is 1. The van der Waals surface area contributed by atoms with E-state index in [1.807, 2.05) is 50.1 Å². The minimum absolute atomic E-state index is 0.0774. The summed E-state index contributed by atoms with van der Waals surface area (Å²) in [4.78, 5) is 32.3. The predicted molar refractivity (Wildman–Crippen MR) is 117 cm³/mol. The topological polar surface area (TPSA) is 74.8 Å². The summed E-state index contributed by atoms with van der Waals surface area (Å²) < 4.78 is 5.76.